The normalized spacial score (nSPS) is 11.2. The number of H-pyrrole nitrogens is 1. The molecular formula is C11H13N7S. The quantitative estimate of drug-likeness (QED) is 0.676. The fourth-order valence-electron chi connectivity index (χ4n) is 1.77. The molecule has 19 heavy (non-hydrogen) atoms. The van der Waals surface area contributed by atoms with Crippen LogP contribution in [0.4, 0.5) is 5.82 Å². The Balaban J connectivity index is 1.61. The number of hydrogen-bond donors (Lipinski definition) is 2. The van der Waals surface area contributed by atoms with E-state index in [-0.39, 0.29) is 0 Å². The summed E-state index contributed by atoms with van der Waals surface area (Å²) in [5.74, 6) is 2.31. The number of thioether (sulfide) groups is 1. The van der Waals surface area contributed by atoms with Gasteiger partial charge in [-0.05, 0) is 0 Å². The van der Waals surface area contributed by atoms with Gasteiger partial charge in [0.05, 0.1) is 12.7 Å². The van der Waals surface area contributed by atoms with Gasteiger partial charge in [0, 0.05) is 29.9 Å². The summed E-state index contributed by atoms with van der Waals surface area (Å²) in [6.07, 6.45) is 6.76. The molecule has 0 amide bonds. The number of hydrogen-bond acceptors (Lipinski definition) is 6. The zero-order chi connectivity index (χ0) is 13.1. The molecule has 0 radical (unpaired) electrons. The van der Waals surface area contributed by atoms with Gasteiger partial charge in [0.25, 0.3) is 0 Å². The van der Waals surface area contributed by atoms with E-state index < -0.39 is 0 Å². The minimum absolute atomic E-state index is 0.425. The molecule has 3 aromatic rings. The van der Waals surface area contributed by atoms with Crippen molar-refractivity contribution in [3.8, 4) is 0 Å². The second-order valence-electron chi connectivity index (χ2n) is 4.00. The van der Waals surface area contributed by atoms with Gasteiger partial charge in [-0.3, -0.25) is 0 Å². The van der Waals surface area contributed by atoms with E-state index in [4.69, 9.17) is 5.73 Å². The number of rotatable bonds is 5. The van der Waals surface area contributed by atoms with Gasteiger partial charge in [-0.1, -0.05) is 0 Å². The van der Waals surface area contributed by atoms with Crippen LogP contribution in [0.1, 0.15) is 5.69 Å². The molecule has 0 aliphatic rings. The molecule has 98 valence electrons. The second-order valence-corrected chi connectivity index (χ2v) is 5.10. The number of nitrogen functional groups attached to an aromatic ring is 1. The third-order valence-electron chi connectivity index (χ3n) is 2.72. The fraction of sp³-hybridized carbons (Fsp3) is 0.273. The number of nitrogens with one attached hydrogen (secondary N) is 1. The SMILES string of the molecule is Nc1ncnc2c1ncn2CCSCc1cnc[nH]1. The number of aromatic amines is 1. The Bertz CT molecular complexity index is 661. The minimum atomic E-state index is 0.425. The first-order chi connectivity index (χ1) is 9.34. The smallest absolute Gasteiger partial charge is 0.165 e. The highest BCUT2D eigenvalue weighted by atomic mass is 32.2. The molecule has 0 saturated carbocycles. The number of fused-ring (bicyclic) bond motifs is 1. The van der Waals surface area contributed by atoms with Crippen LogP contribution in [0, 0.1) is 0 Å². The van der Waals surface area contributed by atoms with Crippen molar-refractivity contribution in [2.75, 3.05) is 11.5 Å². The Kier molecular flexibility index (Phi) is 3.32. The second kappa shape index (κ2) is 5.27. The average molecular weight is 275 g/mol. The minimum Gasteiger partial charge on any atom is -0.382 e. The zero-order valence-electron chi connectivity index (χ0n) is 10.2. The molecule has 0 saturated heterocycles. The van der Waals surface area contributed by atoms with Crippen LogP contribution in [0.25, 0.3) is 11.2 Å². The number of imidazole rings is 2. The maximum absolute atomic E-state index is 5.75. The summed E-state index contributed by atoms with van der Waals surface area (Å²) in [7, 11) is 0. The summed E-state index contributed by atoms with van der Waals surface area (Å²) >= 11 is 1.83. The predicted molar refractivity (Wildman–Crippen MR) is 74.5 cm³/mol. The maximum atomic E-state index is 5.75. The van der Waals surface area contributed by atoms with Crippen molar-refractivity contribution in [3.05, 3.63) is 30.9 Å². The van der Waals surface area contributed by atoms with Gasteiger partial charge in [-0.2, -0.15) is 11.8 Å². The molecule has 3 heterocycles. The first-order valence-electron chi connectivity index (χ1n) is 5.81. The topological polar surface area (TPSA) is 98.3 Å². The van der Waals surface area contributed by atoms with E-state index in [0.29, 0.717) is 11.3 Å². The lowest BCUT2D eigenvalue weighted by atomic mass is 10.5. The number of nitrogens with two attached hydrogens (primary N) is 1. The monoisotopic (exact) mass is 275 g/mol. The van der Waals surface area contributed by atoms with Crippen LogP contribution in [0.3, 0.4) is 0 Å². The number of aryl methyl sites for hydroxylation is 1. The largest absolute Gasteiger partial charge is 0.382 e. The Morgan fingerprint density at radius 3 is 3.11 bits per heavy atom. The van der Waals surface area contributed by atoms with Crippen LogP contribution in [0.5, 0.6) is 0 Å². The van der Waals surface area contributed by atoms with Gasteiger partial charge in [-0.25, -0.2) is 19.9 Å². The molecule has 0 aromatic carbocycles. The van der Waals surface area contributed by atoms with Crippen LogP contribution < -0.4 is 5.73 Å². The predicted octanol–water partition coefficient (Wildman–Crippen LogP) is 1.06. The zero-order valence-corrected chi connectivity index (χ0v) is 11.0. The molecule has 0 aliphatic heterocycles. The molecule has 0 bridgehead atoms. The highest BCUT2D eigenvalue weighted by Gasteiger charge is 2.07. The average Bonchev–Trinajstić information content (AvgIpc) is 3.05. The molecule has 0 aliphatic carbocycles. The van der Waals surface area contributed by atoms with E-state index in [9.17, 15) is 0 Å². The molecule has 3 N–H and O–H groups in total. The Morgan fingerprint density at radius 1 is 1.32 bits per heavy atom. The molecule has 0 unspecified atom stereocenters. The third kappa shape index (κ3) is 2.53. The lowest BCUT2D eigenvalue weighted by molar-refractivity contribution is 0.786. The van der Waals surface area contributed by atoms with E-state index in [0.717, 1.165) is 29.4 Å². The molecule has 0 atom stereocenters. The lowest BCUT2D eigenvalue weighted by Crippen LogP contribution is -2.01. The van der Waals surface area contributed by atoms with Crippen LogP contribution >= 0.6 is 11.8 Å². The van der Waals surface area contributed by atoms with E-state index in [1.165, 1.54) is 6.33 Å². The van der Waals surface area contributed by atoms with Gasteiger partial charge in [-0.15, -0.1) is 0 Å². The number of anilines is 1. The molecular weight excluding hydrogens is 262 g/mol. The first-order valence-corrected chi connectivity index (χ1v) is 6.96. The van der Waals surface area contributed by atoms with Gasteiger partial charge in [0.15, 0.2) is 11.5 Å². The van der Waals surface area contributed by atoms with E-state index in [1.54, 1.807) is 12.7 Å². The van der Waals surface area contributed by atoms with Crippen LogP contribution in [-0.4, -0.2) is 35.2 Å². The van der Waals surface area contributed by atoms with Crippen molar-refractivity contribution in [1.29, 1.82) is 0 Å². The van der Waals surface area contributed by atoms with E-state index >= 15 is 0 Å². The summed E-state index contributed by atoms with van der Waals surface area (Å²) in [4.78, 5) is 19.4. The highest BCUT2D eigenvalue weighted by Crippen LogP contribution is 2.15. The van der Waals surface area contributed by atoms with Crippen LogP contribution in [0.2, 0.25) is 0 Å². The fourth-order valence-corrected chi connectivity index (χ4v) is 2.62. The lowest BCUT2D eigenvalue weighted by Gasteiger charge is -2.03. The maximum Gasteiger partial charge on any atom is 0.165 e. The Morgan fingerprint density at radius 2 is 2.26 bits per heavy atom. The molecule has 0 fully saturated rings. The van der Waals surface area contributed by atoms with Crippen LogP contribution in [-0.2, 0) is 12.3 Å². The summed E-state index contributed by atoms with van der Waals surface area (Å²) in [5, 5.41) is 0. The van der Waals surface area contributed by atoms with Crippen molar-refractivity contribution in [2.45, 2.75) is 12.3 Å². The third-order valence-corrected chi connectivity index (χ3v) is 3.70. The van der Waals surface area contributed by atoms with Gasteiger partial charge in [0.2, 0.25) is 0 Å². The molecule has 3 rings (SSSR count). The Hall–Kier alpha value is -2.09. The standard InChI is InChI=1S/C11H13N7S/c12-10-9-11(16-6-15-10)18(7-17-9)1-2-19-4-8-3-13-5-14-8/h3,5-7H,1-2,4H2,(H,13,14)(H2,12,15,16). The van der Waals surface area contributed by atoms with Gasteiger partial charge in [0.1, 0.15) is 11.8 Å². The van der Waals surface area contributed by atoms with Crippen molar-refractivity contribution in [3.63, 3.8) is 0 Å². The summed E-state index contributed by atoms with van der Waals surface area (Å²) < 4.78 is 1.99. The first kappa shape index (κ1) is 12.0. The number of aromatic nitrogens is 6. The van der Waals surface area contributed by atoms with Crippen molar-refractivity contribution in [2.24, 2.45) is 0 Å². The van der Waals surface area contributed by atoms with Crippen molar-refractivity contribution < 1.29 is 0 Å². The van der Waals surface area contributed by atoms with Crippen LogP contribution in [0.15, 0.2) is 25.2 Å². The van der Waals surface area contributed by atoms with Crippen molar-refractivity contribution in [1.82, 2.24) is 29.5 Å². The van der Waals surface area contributed by atoms with E-state index in [2.05, 4.69) is 24.9 Å². The van der Waals surface area contributed by atoms with Gasteiger partial charge < -0.3 is 15.3 Å². The van der Waals surface area contributed by atoms with E-state index in [1.807, 2.05) is 22.5 Å². The highest BCUT2D eigenvalue weighted by molar-refractivity contribution is 7.98. The molecule has 8 heteroatoms. The Labute approximate surface area is 113 Å². The summed E-state index contributed by atoms with van der Waals surface area (Å²) in [6.45, 7) is 0.839. The van der Waals surface area contributed by atoms with Gasteiger partial charge >= 0.3 is 0 Å². The number of nitrogens with zero attached hydrogens (tertiary/aromatic N) is 5. The van der Waals surface area contributed by atoms with Crippen molar-refractivity contribution >= 4 is 28.7 Å². The molecule has 3 aromatic heterocycles. The summed E-state index contributed by atoms with van der Waals surface area (Å²) in [6, 6.07) is 0. The summed E-state index contributed by atoms with van der Waals surface area (Å²) in [5.41, 5.74) is 8.33. The molecule has 7 nitrogen and oxygen atoms in total. The molecule has 0 spiro atoms.